The van der Waals surface area contributed by atoms with Crippen molar-refractivity contribution < 1.29 is 9.53 Å². The van der Waals surface area contributed by atoms with Gasteiger partial charge in [-0.05, 0) is 31.9 Å². The minimum absolute atomic E-state index is 0.0703. The topological polar surface area (TPSA) is 105 Å². The highest BCUT2D eigenvalue weighted by atomic mass is 35.5. The van der Waals surface area contributed by atoms with Crippen molar-refractivity contribution in [1.82, 2.24) is 20.4 Å². The van der Waals surface area contributed by atoms with Crippen molar-refractivity contribution in [1.29, 1.82) is 0 Å². The molecule has 5 rings (SSSR count). The zero-order valence-electron chi connectivity index (χ0n) is 18.0. The molecule has 1 aliphatic carbocycles. The molecular weight excluding hydrogens is 430 g/mol. The van der Waals surface area contributed by atoms with Crippen LogP contribution in [0.3, 0.4) is 0 Å². The van der Waals surface area contributed by atoms with Gasteiger partial charge in [-0.25, -0.2) is 4.99 Å². The van der Waals surface area contributed by atoms with Crippen LogP contribution in [0, 0.1) is 5.92 Å². The first-order valence-electron chi connectivity index (χ1n) is 10.9. The van der Waals surface area contributed by atoms with Crippen LogP contribution in [-0.2, 0) is 11.8 Å². The van der Waals surface area contributed by atoms with Gasteiger partial charge < -0.3 is 20.7 Å². The fourth-order valence-electron chi connectivity index (χ4n) is 4.56. The molecule has 2 aliphatic heterocycles. The number of carbonyl (C=O) groups excluding carboxylic acids is 1. The SMILES string of the molecule is CC1=NC(=NC2Nc3ccccc3O2)NC(c2nn(C)cc2Cl)C1C(=O)NC1CCCC1. The van der Waals surface area contributed by atoms with E-state index in [2.05, 4.69) is 31.0 Å². The van der Waals surface area contributed by atoms with E-state index in [1.807, 2.05) is 31.2 Å². The van der Waals surface area contributed by atoms with Gasteiger partial charge in [0.05, 0.1) is 16.8 Å². The first-order chi connectivity index (χ1) is 15.5. The van der Waals surface area contributed by atoms with Crippen molar-refractivity contribution in [2.75, 3.05) is 5.32 Å². The predicted octanol–water partition coefficient (Wildman–Crippen LogP) is 3.00. The zero-order valence-corrected chi connectivity index (χ0v) is 18.8. The van der Waals surface area contributed by atoms with E-state index < -0.39 is 18.3 Å². The molecule has 1 amide bonds. The number of aryl methyl sites for hydroxylation is 1. The number of benzene rings is 1. The van der Waals surface area contributed by atoms with Gasteiger partial charge in [0.2, 0.25) is 11.9 Å². The number of hydrogen-bond donors (Lipinski definition) is 3. The number of halogens is 1. The largest absolute Gasteiger partial charge is 0.448 e. The molecule has 9 nitrogen and oxygen atoms in total. The van der Waals surface area contributed by atoms with E-state index in [4.69, 9.17) is 16.3 Å². The molecule has 3 unspecified atom stereocenters. The lowest BCUT2D eigenvalue weighted by Gasteiger charge is -2.31. The number of amides is 1. The lowest BCUT2D eigenvalue weighted by Crippen LogP contribution is -2.50. The fraction of sp³-hybridized carbons (Fsp3) is 0.455. The highest BCUT2D eigenvalue weighted by Gasteiger charge is 2.40. The molecule has 3 N–H and O–H groups in total. The Hall–Kier alpha value is -3.07. The van der Waals surface area contributed by atoms with Crippen LogP contribution in [0.5, 0.6) is 5.75 Å². The highest BCUT2D eigenvalue weighted by Crippen LogP contribution is 2.33. The second kappa shape index (κ2) is 8.46. The quantitative estimate of drug-likeness (QED) is 0.657. The number of aliphatic imine (C=N–C) groups is 2. The molecule has 0 spiro atoms. The van der Waals surface area contributed by atoms with Crippen molar-refractivity contribution >= 4 is 34.9 Å². The Morgan fingerprint density at radius 2 is 2.06 bits per heavy atom. The summed E-state index contributed by atoms with van der Waals surface area (Å²) in [5, 5.41) is 14.7. The summed E-state index contributed by atoms with van der Waals surface area (Å²) in [6.07, 6.45) is 5.41. The van der Waals surface area contributed by atoms with Gasteiger partial charge in [-0.15, -0.1) is 0 Å². The third-order valence-electron chi connectivity index (χ3n) is 6.08. The predicted molar refractivity (Wildman–Crippen MR) is 123 cm³/mol. The second-order valence-electron chi connectivity index (χ2n) is 8.44. The van der Waals surface area contributed by atoms with E-state index in [0.717, 1.165) is 37.1 Å². The molecule has 3 heterocycles. The first-order valence-corrected chi connectivity index (χ1v) is 11.3. The molecule has 1 saturated carbocycles. The number of carbonyl (C=O) groups is 1. The van der Waals surface area contributed by atoms with Crippen LogP contribution in [0.25, 0.3) is 0 Å². The number of nitrogens with zero attached hydrogens (tertiary/aromatic N) is 4. The summed E-state index contributed by atoms with van der Waals surface area (Å²) in [7, 11) is 1.80. The maximum absolute atomic E-state index is 13.3. The number of ether oxygens (including phenoxy) is 1. The van der Waals surface area contributed by atoms with Crippen molar-refractivity contribution in [2.45, 2.75) is 51.0 Å². The molecular formula is C22H26ClN7O2. The summed E-state index contributed by atoms with van der Waals surface area (Å²) in [4.78, 5) is 22.5. The Morgan fingerprint density at radius 1 is 1.28 bits per heavy atom. The van der Waals surface area contributed by atoms with E-state index >= 15 is 0 Å². The van der Waals surface area contributed by atoms with E-state index in [-0.39, 0.29) is 11.9 Å². The number of nitrogens with one attached hydrogen (secondary N) is 3. The summed E-state index contributed by atoms with van der Waals surface area (Å²) in [5.41, 5.74) is 2.11. The number of hydrogen-bond acceptors (Lipinski definition) is 5. The van der Waals surface area contributed by atoms with Gasteiger partial charge in [0, 0.05) is 25.0 Å². The lowest BCUT2D eigenvalue weighted by atomic mass is 9.90. The van der Waals surface area contributed by atoms with Crippen LogP contribution < -0.4 is 20.7 Å². The van der Waals surface area contributed by atoms with Crippen LogP contribution >= 0.6 is 11.6 Å². The van der Waals surface area contributed by atoms with Gasteiger partial charge in [0.15, 0.2) is 0 Å². The van der Waals surface area contributed by atoms with Crippen LogP contribution in [0.1, 0.15) is 44.3 Å². The number of rotatable bonds is 4. The van der Waals surface area contributed by atoms with Crippen LogP contribution in [0.4, 0.5) is 5.69 Å². The van der Waals surface area contributed by atoms with Crippen LogP contribution in [0.15, 0.2) is 40.4 Å². The van der Waals surface area contributed by atoms with E-state index in [1.165, 1.54) is 0 Å². The van der Waals surface area contributed by atoms with E-state index in [1.54, 1.807) is 17.9 Å². The summed E-state index contributed by atoms with van der Waals surface area (Å²) in [6, 6.07) is 7.36. The monoisotopic (exact) mass is 455 g/mol. The maximum atomic E-state index is 13.3. The van der Waals surface area contributed by atoms with Crippen molar-refractivity contribution in [3.8, 4) is 5.75 Å². The van der Waals surface area contributed by atoms with E-state index in [0.29, 0.717) is 22.4 Å². The number of guanidine groups is 1. The Balaban J connectivity index is 1.43. The minimum atomic E-state index is -0.616. The fourth-order valence-corrected chi connectivity index (χ4v) is 4.85. The third-order valence-corrected chi connectivity index (χ3v) is 6.37. The average Bonchev–Trinajstić information content (AvgIpc) is 3.47. The first kappa shape index (κ1) is 20.8. The molecule has 10 heteroatoms. The van der Waals surface area contributed by atoms with Gasteiger partial charge in [0.1, 0.15) is 17.4 Å². The maximum Gasteiger partial charge on any atom is 0.271 e. The molecule has 3 aliphatic rings. The van der Waals surface area contributed by atoms with Gasteiger partial charge in [-0.1, -0.05) is 36.6 Å². The molecule has 1 fully saturated rings. The van der Waals surface area contributed by atoms with Crippen molar-refractivity contribution in [3.63, 3.8) is 0 Å². The lowest BCUT2D eigenvalue weighted by molar-refractivity contribution is -0.124. The van der Waals surface area contributed by atoms with Crippen molar-refractivity contribution in [3.05, 3.63) is 41.2 Å². The second-order valence-corrected chi connectivity index (χ2v) is 8.85. The van der Waals surface area contributed by atoms with Gasteiger partial charge in [-0.3, -0.25) is 9.48 Å². The number of para-hydroxylation sites is 2. The molecule has 32 heavy (non-hydrogen) atoms. The molecule has 1 aromatic heterocycles. The minimum Gasteiger partial charge on any atom is -0.448 e. The smallest absolute Gasteiger partial charge is 0.271 e. The van der Waals surface area contributed by atoms with E-state index in [9.17, 15) is 4.79 Å². The van der Waals surface area contributed by atoms with Crippen LogP contribution in [-0.4, -0.2) is 39.8 Å². The Bertz CT molecular complexity index is 1060. The Labute approximate surface area is 191 Å². The van der Waals surface area contributed by atoms with Gasteiger partial charge in [0.25, 0.3) is 6.35 Å². The number of aromatic nitrogens is 2. The summed E-state index contributed by atoms with van der Waals surface area (Å²) in [5.74, 6) is 0.483. The zero-order chi connectivity index (χ0) is 22.2. The molecule has 0 saturated heterocycles. The summed E-state index contributed by atoms with van der Waals surface area (Å²) >= 11 is 6.47. The highest BCUT2D eigenvalue weighted by molar-refractivity contribution is 6.31. The molecule has 0 radical (unpaired) electrons. The average molecular weight is 456 g/mol. The van der Waals surface area contributed by atoms with Gasteiger partial charge >= 0.3 is 0 Å². The Morgan fingerprint density at radius 3 is 2.78 bits per heavy atom. The number of fused-ring (bicyclic) bond motifs is 1. The standard InChI is InChI=1S/C22H26ClN7O2/c1-12-17(20(31)25-13-7-3-4-8-13)19(18-14(23)11-30(2)29-18)27-21(24-12)28-22-26-15-9-5-6-10-16(15)32-22/h5-6,9-11,13,17,19,22,26H,3-4,7-8H2,1-2H3,(H,25,31)(H,27,28). The molecule has 2 aromatic rings. The Kier molecular flexibility index (Phi) is 5.50. The van der Waals surface area contributed by atoms with Crippen molar-refractivity contribution in [2.24, 2.45) is 23.0 Å². The normalized spacial score (nSPS) is 26.2. The molecule has 1 aromatic carbocycles. The van der Waals surface area contributed by atoms with Crippen LogP contribution in [0.2, 0.25) is 5.02 Å². The van der Waals surface area contributed by atoms with Gasteiger partial charge in [-0.2, -0.15) is 10.1 Å². The summed E-state index contributed by atoms with van der Waals surface area (Å²) < 4.78 is 7.48. The molecule has 0 bridgehead atoms. The third kappa shape index (κ3) is 4.04. The summed E-state index contributed by atoms with van der Waals surface area (Å²) in [6.45, 7) is 1.84. The molecule has 3 atom stereocenters. The number of anilines is 1. The molecule has 168 valence electrons.